The number of amides is 1. The lowest BCUT2D eigenvalue weighted by atomic mass is 10.1. The van der Waals surface area contributed by atoms with Gasteiger partial charge in [-0.2, -0.15) is 0 Å². The molecule has 0 bridgehead atoms. The highest BCUT2D eigenvalue weighted by atomic mass is 79.9. The first-order chi connectivity index (χ1) is 9.38. The van der Waals surface area contributed by atoms with Crippen LogP contribution >= 0.6 is 15.9 Å². The molecule has 0 fully saturated rings. The zero-order chi connectivity index (χ0) is 14.9. The first-order valence-corrected chi connectivity index (χ1v) is 6.71. The van der Waals surface area contributed by atoms with E-state index in [0.29, 0.717) is 10.0 Å². The van der Waals surface area contributed by atoms with E-state index in [-0.39, 0.29) is 11.3 Å². The van der Waals surface area contributed by atoms with Crippen molar-refractivity contribution in [2.45, 2.75) is 13.8 Å². The van der Waals surface area contributed by atoms with Crippen molar-refractivity contribution in [1.29, 1.82) is 0 Å². The summed E-state index contributed by atoms with van der Waals surface area (Å²) >= 11 is 3.26. The van der Waals surface area contributed by atoms with E-state index in [9.17, 15) is 13.6 Å². The van der Waals surface area contributed by atoms with E-state index in [2.05, 4.69) is 21.2 Å². The van der Waals surface area contributed by atoms with Crippen molar-refractivity contribution in [2.75, 3.05) is 5.32 Å². The van der Waals surface area contributed by atoms with Crippen molar-refractivity contribution < 1.29 is 13.6 Å². The number of halogens is 3. The summed E-state index contributed by atoms with van der Waals surface area (Å²) in [6, 6.07) is 7.27. The van der Waals surface area contributed by atoms with Gasteiger partial charge in [-0.15, -0.1) is 0 Å². The van der Waals surface area contributed by atoms with Gasteiger partial charge in [-0.25, -0.2) is 8.78 Å². The number of hydrogen-bond donors (Lipinski definition) is 1. The molecule has 20 heavy (non-hydrogen) atoms. The Morgan fingerprint density at radius 1 is 1.10 bits per heavy atom. The molecule has 2 rings (SSSR count). The summed E-state index contributed by atoms with van der Waals surface area (Å²) in [7, 11) is 0. The Bertz CT molecular complexity index is 686. The molecule has 0 atom stereocenters. The fraction of sp³-hybridized carbons (Fsp3) is 0.133. The molecule has 5 heteroatoms. The van der Waals surface area contributed by atoms with Crippen molar-refractivity contribution in [2.24, 2.45) is 0 Å². The van der Waals surface area contributed by atoms with Crippen LogP contribution in [0.3, 0.4) is 0 Å². The van der Waals surface area contributed by atoms with E-state index in [1.54, 1.807) is 12.1 Å². The highest BCUT2D eigenvalue weighted by Gasteiger charge is 2.14. The molecule has 2 aromatic rings. The van der Waals surface area contributed by atoms with Gasteiger partial charge in [0.2, 0.25) is 0 Å². The molecule has 0 aromatic heterocycles. The van der Waals surface area contributed by atoms with E-state index < -0.39 is 17.5 Å². The van der Waals surface area contributed by atoms with Crippen LogP contribution in [0, 0.1) is 25.5 Å². The highest BCUT2D eigenvalue weighted by Crippen LogP contribution is 2.22. The maximum absolute atomic E-state index is 13.7. The summed E-state index contributed by atoms with van der Waals surface area (Å²) in [5.74, 6) is -1.73. The molecular formula is C15H12BrF2NO. The first kappa shape index (κ1) is 14.7. The van der Waals surface area contributed by atoms with Crippen LogP contribution in [0.5, 0.6) is 0 Å². The Morgan fingerprint density at radius 2 is 1.80 bits per heavy atom. The average molecular weight is 340 g/mol. The predicted octanol–water partition coefficient (Wildman–Crippen LogP) is 4.60. The van der Waals surface area contributed by atoms with Gasteiger partial charge in [0, 0.05) is 10.5 Å². The molecule has 104 valence electrons. The van der Waals surface area contributed by atoms with Crippen LogP contribution in [0.1, 0.15) is 21.5 Å². The van der Waals surface area contributed by atoms with Gasteiger partial charge in [0.15, 0.2) is 0 Å². The Balaban J connectivity index is 2.32. The SMILES string of the molecule is Cc1ccc(Br)c(C(=O)Nc2cc(F)c(C)cc2F)c1. The third kappa shape index (κ3) is 3.04. The summed E-state index contributed by atoms with van der Waals surface area (Å²) in [5.41, 5.74) is 1.28. The lowest BCUT2D eigenvalue weighted by Crippen LogP contribution is -2.14. The van der Waals surface area contributed by atoms with E-state index in [4.69, 9.17) is 0 Å². The third-order valence-electron chi connectivity index (χ3n) is 2.86. The zero-order valence-corrected chi connectivity index (χ0v) is 12.5. The highest BCUT2D eigenvalue weighted by molar-refractivity contribution is 9.10. The molecule has 2 aromatic carbocycles. The molecule has 0 saturated carbocycles. The number of nitrogens with one attached hydrogen (secondary N) is 1. The van der Waals surface area contributed by atoms with Crippen molar-refractivity contribution in [3.8, 4) is 0 Å². The van der Waals surface area contributed by atoms with Gasteiger partial charge in [0.1, 0.15) is 11.6 Å². The normalized spacial score (nSPS) is 10.4. The maximum atomic E-state index is 13.7. The molecule has 1 amide bonds. The third-order valence-corrected chi connectivity index (χ3v) is 3.55. The van der Waals surface area contributed by atoms with Crippen LogP contribution in [-0.4, -0.2) is 5.91 Å². The van der Waals surface area contributed by atoms with Gasteiger partial charge in [-0.3, -0.25) is 4.79 Å². The van der Waals surface area contributed by atoms with Gasteiger partial charge < -0.3 is 5.32 Å². The molecule has 0 heterocycles. The summed E-state index contributed by atoms with van der Waals surface area (Å²) in [5, 5.41) is 2.38. The van der Waals surface area contributed by atoms with Gasteiger partial charge in [0.05, 0.1) is 11.3 Å². The monoisotopic (exact) mass is 339 g/mol. The second kappa shape index (κ2) is 5.71. The number of aryl methyl sites for hydroxylation is 2. The second-order valence-corrected chi connectivity index (χ2v) is 5.37. The minimum Gasteiger partial charge on any atom is -0.319 e. The van der Waals surface area contributed by atoms with Crippen LogP contribution in [0.4, 0.5) is 14.5 Å². The number of hydrogen-bond acceptors (Lipinski definition) is 1. The van der Waals surface area contributed by atoms with Crippen LogP contribution in [0.15, 0.2) is 34.8 Å². The Labute approximate surface area is 123 Å². The molecule has 0 saturated heterocycles. The van der Waals surface area contributed by atoms with Gasteiger partial charge in [-0.05, 0) is 53.5 Å². The fourth-order valence-electron chi connectivity index (χ4n) is 1.74. The molecule has 0 spiro atoms. The maximum Gasteiger partial charge on any atom is 0.256 e. The van der Waals surface area contributed by atoms with Crippen LogP contribution in [0.25, 0.3) is 0 Å². The van der Waals surface area contributed by atoms with Crippen LogP contribution in [0.2, 0.25) is 0 Å². The Hall–Kier alpha value is -1.75. The minimum absolute atomic E-state index is 0.175. The lowest BCUT2D eigenvalue weighted by molar-refractivity contribution is 0.102. The largest absolute Gasteiger partial charge is 0.319 e. The van der Waals surface area contributed by atoms with E-state index in [1.807, 2.05) is 13.0 Å². The van der Waals surface area contributed by atoms with Gasteiger partial charge >= 0.3 is 0 Å². The fourth-order valence-corrected chi connectivity index (χ4v) is 2.17. The number of benzene rings is 2. The van der Waals surface area contributed by atoms with Crippen molar-refractivity contribution in [3.63, 3.8) is 0 Å². The Kier molecular flexibility index (Phi) is 4.18. The molecule has 0 aliphatic rings. The minimum atomic E-state index is -0.666. The van der Waals surface area contributed by atoms with Gasteiger partial charge in [0.25, 0.3) is 5.91 Å². The van der Waals surface area contributed by atoms with E-state index in [0.717, 1.165) is 17.7 Å². The zero-order valence-electron chi connectivity index (χ0n) is 10.9. The number of anilines is 1. The summed E-state index contributed by atoms with van der Waals surface area (Å²) < 4.78 is 27.7. The molecule has 2 nitrogen and oxygen atoms in total. The predicted molar refractivity (Wildman–Crippen MR) is 77.9 cm³/mol. The molecule has 0 unspecified atom stereocenters. The Morgan fingerprint density at radius 3 is 2.50 bits per heavy atom. The van der Waals surface area contributed by atoms with Crippen molar-refractivity contribution in [3.05, 3.63) is 63.1 Å². The molecule has 0 aliphatic heterocycles. The van der Waals surface area contributed by atoms with E-state index in [1.165, 1.54) is 6.92 Å². The summed E-state index contributed by atoms with van der Waals surface area (Å²) in [6.07, 6.45) is 0. The molecule has 0 aliphatic carbocycles. The summed E-state index contributed by atoms with van der Waals surface area (Å²) in [4.78, 5) is 12.1. The average Bonchev–Trinajstić information content (AvgIpc) is 2.38. The van der Waals surface area contributed by atoms with Gasteiger partial charge in [-0.1, -0.05) is 11.6 Å². The van der Waals surface area contributed by atoms with Crippen molar-refractivity contribution in [1.82, 2.24) is 0 Å². The number of carbonyl (C=O) groups is 1. The molecule has 1 N–H and O–H groups in total. The lowest BCUT2D eigenvalue weighted by Gasteiger charge is -2.09. The molecular weight excluding hydrogens is 328 g/mol. The smallest absolute Gasteiger partial charge is 0.256 e. The number of rotatable bonds is 2. The van der Waals surface area contributed by atoms with Crippen molar-refractivity contribution >= 4 is 27.5 Å². The molecule has 0 radical (unpaired) electrons. The van der Waals surface area contributed by atoms with E-state index >= 15 is 0 Å². The van der Waals surface area contributed by atoms with Crippen LogP contribution < -0.4 is 5.32 Å². The number of carbonyl (C=O) groups excluding carboxylic acids is 1. The quantitative estimate of drug-likeness (QED) is 0.851. The van der Waals surface area contributed by atoms with Crippen LogP contribution in [-0.2, 0) is 0 Å². The summed E-state index contributed by atoms with van der Waals surface area (Å²) in [6.45, 7) is 3.30. The topological polar surface area (TPSA) is 29.1 Å². The first-order valence-electron chi connectivity index (χ1n) is 5.91. The standard InChI is InChI=1S/C15H12BrF2NO/c1-8-3-4-11(16)10(5-8)15(20)19-14-7-12(17)9(2)6-13(14)18/h3-7H,1-2H3,(H,19,20). The second-order valence-electron chi connectivity index (χ2n) is 4.52.